The van der Waals surface area contributed by atoms with Gasteiger partial charge in [-0.25, -0.2) is 9.78 Å². The molecule has 0 unspecified atom stereocenters. The third kappa shape index (κ3) is 4.94. The van der Waals surface area contributed by atoms with E-state index < -0.39 is 0 Å². The molecular weight excluding hydrogens is 450 g/mol. The second kappa shape index (κ2) is 9.64. The number of piperidine rings is 1. The van der Waals surface area contributed by atoms with Crippen LogP contribution in [-0.2, 0) is 16.0 Å². The molecule has 34 heavy (non-hydrogen) atoms. The molecule has 0 bridgehead atoms. The van der Waals surface area contributed by atoms with Crippen LogP contribution in [0.15, 0.2) is 53.9 Å². The maximum absolute atomic E-state index is 12.8. The third-order valence-corrected chi connectivity index (χ3v) is 6.97. The van der Waals surface area contributed by atoms with E-state index in [9.17, 15) is 14.4 Å². The van der Waals surface area contributed by atoms with Gasteiger partial charge in [-0.1, -0.05) is 24.3 Å². The van der Waals surface area contributed by atoms with Crippen LogP contribution in [0.5, 0.6) is 0 Å². The molecule has 8 nitrogen and oxygen atoms in total. The normalized spacial score (nSPS) is 15.9. The minimum Gasteiger partial charge on any atom is -0.326 e. The Balaban J connectivity index is 1.15. The fourth-order valence-electron chi connectivity index (χ4n) is 4.28. The minimum atomic E-state index is -0.152. The van der Waals surface area contributed by atoms with Crippen molar-refractivity contribution in [1.82, 2.24) is 9.88 Å². The first-order valence-electron chi connectivity index (χ1n) is 11.4. The molecule has 0 saturated carbocycles. The number of hydrogen-bond acceptors (Lipinski definition) is 5. The number of thiazole rings is 1. The molecule has 3 N–H and O–H groups in total. The molecule has 0 spiro atoms. The number of rotatable bonds is 4. The molecule has 1 fully saturated rings. The van der Waals surface area contributed by atoms with Gasteiger partial charge in [0.25, 0.3) is 0 Å². The van der Waals surface area contributed by atoms with Crippen molar-refractivity contribution in [1.29, 1.82) is 0 Å². The molecule has 1 saturated heterocycles. The smallest absolute Gasteiger partial charge is 0.321 e. The molecule has 2 aromatic carbocycles. The topological polar surface area (TPSA) is 103 Å². The fourth-order valence-corrected chi connectivity index (χ4v) is 5.01. The molecule has 0 aliphatic carbocycles. The van der Waals surface area contributed by atoms with Gasteiger partial charge in [-0.2, -0.15) is 0 Å². The summed E-state index contributed by atoms with van der Waals surface area (Å²) >= 11 is 1.39. The lowest BCUT2D eigenvalue weighted by Gasteiger charge is -2.31. The lowest BCUT2D eigenvalue weighted by molar-refractivity contribution is -0.121. The SMILES string of the molecule is O=C1CCc2cc(-c3csc(NC(=O)C4CCN(C(=O)Nc5ccccc5)CC4)n3)ccc2N1. The molecule has 174 valence electrons. The Morgan fingerprint density at radius 3 is 2.62 bits per heavy atom. The van der Waals surface area contributed by atoms with Gasteiger partial charge in [0, 0.05) is 47.7 Å². The first-order chi connectivity index (χ1) is 16.5. The van der Waals surface area contributed by atoms with Crippen molar-refractivity contribution in [2.75, 3.05) is 29.0 Å². The lowest BCUT2D eigenvalue weighted by atomic mass is 9.96. The van der Waals surface area contributed by atoms with E-state index in [1.165, 1.54) is 11.3 Å². The zero-order chi connectivity index (χ0) is 23.5. The maximum Gasteiger partial charge on any atom is 0.321 e. The maximum atomic E-state index is 12.8. The minimum absolute atomic E-state index is 0.0431. The van der Waals surface area contributed by atoms with E-state index in [1.54, 1.807) is 4.90 Å². The van der Waals surface area contributed by atoms with Gasteiger partial charge in [0.2, 0.25) is 11.8 Å². The molecule has 4 amide bonds. The molecule has 2 aliphatic heterocycles. The number of hydrogen-bond donors (Lipinski definition) is 3. The Labute approximate surface area is 201 Å². The number of benzene rings is 2. The van der Waals surface area contributed by atoms with Crippen LogP contribution in [-0.4, -0.2) is 40.8 Å². The monoisotopic (exact) mass is 475 g/mol. The number of amides is 4. The van der Waals surface area contributed by atoms with Gasteiger partial charge in [0.1, 0.15) is 0 Å². The van der Waals surface area contributed by atoms with Gasteiger partial charge in [-0.05, 0) is 49.1 Å². The number of nitrogens with zero attached hydrogens (tertiary/aromatic N) is 2. The summed E-state index contributed by atoms with van der Waals surface area (Å²) in [6.07, 6.45) is 2.43. The summed E-state index contributed by atoms with van der Waals surface area (Å²) in [5.74, 6) is -0.167. The first kappa shape index (κ1) is 22.1. The van der Waals surface area contributed by atoms with Crippen LogP contribution in [0, 0.1) is 5.92 Å². The Bertz CT molecular complexity index is 1220. The van der Waals surface area contributed by atoms with Gasteiger partial charge in [0.05, 0.1) is 5.69 Å². The predicted octanol–water partition coefficient (Wildman–Crippen LogP) is 4.58. The molecule has 5 rings (SSSR count). The Morgan fingerprint density at radius 1 is 1.03 bits per heavy atom. The van der Waals surface area contributed by atoms with Crippen molar-refractivity contribution in [3.05, 3.63) is 59.5 Å². The zero-order valence-electron chi connectivity index (χ0n) is 18.5. The molecule has 9 heteroatoms. The van der Waals surface area contributed by atoms with Crippen LogP contribution in [0.2, 0.25) is 0 Å². The number of urea groups is 1. The molecule has 3 aromatic rings. The van der Waals surface area contributed by atoms with Gasteiger partial charge < -0.3 is 20.9 Å². The van der Waals surface area contributed by atoms with E-state index in [-0.39, 0.29) is 23.8 Å². The summed E-state index contributed by atoms with van der Waals surface area (Å²) in [6, 6.07) is 15.1. The number of likely N-dealkylation sites (tertiary alicyclic amines) is 1. The van der Waals surface area contributed by atoms with Crippen molar-refractivity contribution in [3.8, 4) is 11.3 Å². The summed E-state index contributed by atoms with van der Waals surface area (Å²) < 4.78 is 0. The highest BCUT2D eigenvalue weighted by Gasteiger charge is 2.28. The Kier molecular flexibility index (Phi) is 6.27. The summed E-state index contributed by atoms with van der Waals surface area (Å²) in [7, 11) is 0. The summed E-state index contributed by atoms with van der Waals surface area (Å²) in [5, 5.41) is 11.2. The number of nitrogens with one attached hydrogen (secondary N) is 3. The van der Waals surface area contributed by atoms with Gasteiger partial charge in [-0.15, -0.1) is 11.3 Å². The van der Waals surface area contributed by atoms with Crippen molar-refractivity contribution in [2.45, 2.75) is 25.7 Å². The number of carbonyl (C=O) groups excluding carboxylic acids is 3. The molecule has 0 radical (unpaired) electrons. The zero-order valence-corrected chi connectivity index (χ0v) is 19.4. The molecule has 2 aliphatic rings. The van der Waals surface area contributed by atoms with Crippen molar-refractivity contribution in [3.63, 3.8) is 0 Å². The van der Waals surface area contributed by atoms with Crippen LogP contribution >= 0.6 is 11.3 Å². The summed E-state index contributed by atoms with van der Waals surface area (Å²) in [4.78, 5) is 43.2. The quantitative estimate of drug-likeness (QED) is 0.514. The van der Waals surface area contributed by atoms with Crippen LogP contribution in [0.4, 0.5) is 21.3 Å². The first-order valence-corrected chi connectivity index (χ1v) is 12.2. The van der Waals surface area contributed by atoms with Gasteiger partial charge in [0.15, 0.2) is 5.13 Å². The highest BCUT2D eigenvalue weighted by Crippen LogP contribution is 2.31. The van der Waals surface area contributed by atoms with E-state index in [2.05, 4.69) is 20.9 Å². The van der Waals surface area contributed by atoms with Crippen LogP contribution < -0.4 is 16.0 Å². The van der Waals surface area contributed by atoms with Crippen molar-refractivity contribution >= 4 is 45.7 Å². The van der Waals surface area contributed by atoms with Crippen LogP contribution in [0.25, 0.3) is 11.3 Å². The highest BCUT2D eigenvalue weighted by atomic mass is 32.1. The largest absolute Gasteiger partial charge is 0.326 e. The summed E-state index contributed by atoms with van der Waals surface area (Å²) in [5.41, 5.74) is 4.47. The van der Waals surface area contributed by atoms with Crippen LogP contribution in [0.3, 0.4) is 0 Å². The van der Waals surface area contributed by atoms with E-state index in [0.29, 0.717) is 43.9 Å². The molecule has 0 atom stereocenters. The van der Waals surface area contributed by atoms with Crippen molar-refractivity contribution < 1.29 is 14.4 Å². The highest BCUT2D eigenvalue weighted by molar-refractivity contribution is 7.14. The number of aryl methyl sites for hydroxylation is 1. The van der Waals surface area contributed by atoms with Gasteiger partial charge >= 0.3 is 6.03 Å². The van der Waals surface area contributed by atoms with Crippen molar-refractivity contribution in [2.24, 2.45) is 5.92 Å². The second-order valence-electron chi connectivity index (χ2n) is 8.50. The Hall–Kier alpha value is -3.72. The average Bonchev–Trinajstić information content (AvgIpc) is 3.33. The van der Waals surface area contributed by atoms with E-state index in [1.807, 2.05) is 53.9 Å². The number of fused-ring (bicyclic) bond motifs is 1. The van der Waals surface area contributed by atoms with E-state index in [4.69, 9.17) is 0 Å². The standard InChI is InChI=1S/C25H25N5O3S/c31-22-9-7-17-14-18(6-8-20(17)27-22)21-15-34-24(28-21)29-23(32)16-10-12-30(13-11-16)25(33)26-19-4-2-1-3-5-19/h1-6,8,14-16H,7,9-13H2,(H,26,33)(H,27,31)(H,28,29,32). The Morgan fingerprint density at radius 2 is 1.82 bits per heavy atom. The molecule has 3 heterocycles. The average molecular weight is 476 g/mol. The third-order valence-electron chi connectivity index (χ3n) is 6.21. The fraction of sp³-hybridized carbons (Fsp3) is 0.280. The molecular formula is C25H25N5O3S. The summed E-state index contributed by atoms with van der Waals surface area (Å²) in [6.45, 7) is 1.07. The predicted molar refractivity (Wildman–Crippen MR) is 133 cm³/mol. The number of anilines is 3. The van der Waals surface area contributed by atoms with E-state index in [0.717, 1.165) is 28.2 Å². The lowest BCUT2D eigenvalue weighted by Crippen LogP contribution is -2.43. The van der Waals surface area contributed by atoms with E-state index >= 15 is 0 Å². The second-order valence-corrected chi connectivity index (χ2v) is 9.36. The number of para-hydroxylation sites is 1. The van der Waals surface area contributed by atoms with Gasteiger partial charge in [-0.3, -0.25) is 9.59 Å². The number of aromatic nitrogens is 1. The molecule has 1 aromatic heterocycles. The van der Waals surface area contributed by atoms with Crippen LogP contribution in [0.1, 0.15) is 24.8 Å². The number of carbonyl (C=O) groups is 3.